The number of phenols is 1. The van der Waals surface area contributed by atoms with E-state index >= 15 is 0 Å². The third-order valence-electron chi connectivity index (χ3n) is 6.69. The van der Waals surface area contributed by atoms with Gasteiger partial charge in [-0.15, -0.1) is 12.4 Å². The van der Waals surface area contributed by atoms with Gasteiger partial charge in [0.1, 0.15) is 11.5 Å². The molecule has 3 rings (SSSR count). The molecule has 0 aliphatic carbocycles. The summed E-state index contributed by atoms with van der Waals surface area (Å²) in [4.78, 5) is 13.3. The number of hydrogen-bond donors (Lipinski definition) is 1. The third kappa shape index (κ3) is 6.25. The first-order chi connectivity index (χ1) is 15.6. The standard InChI is InChI=1S/C31H38O3.ClH.Ti/c1-18-16-23(30(5,6)7)27(32)25(20(18)3)26-21(4)19(2)17-24(31(8,9)10)28(26)34-29(33)22-14-12-11-13-15-22;;/h11-17,32H,1-10H3;1H;. The van der Waals surface area contributed by atoms with Gasteiger partial charge in [0.15, 0.2) is 0 Å². The van der Waals surface area contributed by atoms with Gasteiger partial charge >= 0.3 is 5.97 Å². The zero-order valence-corrected chi connectivity index (χ0v) is 25.6. The number of aryl methyl sites for hydroxylation is 2. The average Bonchev–Trinajstić information content (AvgIpc) is 2.74. The summed E-state index contributed by atoms with van der Waals surface area (Å²) in [6, 6.07) is 13.2. The Morgan fingerprint density at radius 3 is 1.67 bits per heavy atom. The molecule has 0 spiro atoms. The molecular formula is C31H39ClO3Ti. The first-order valence-electron chi connectivity index (χ1n) is 11.9. The molecule has 1 N–H and O–H groups in total. The maximum absolute atomic E-state index is 13.3. The first-order valence-corrected chi connectivity index (χ1v) is 11.9. The molecule has 0 unspecified atom stereocenters. The number of rotatable bonds is 3. The smallest absolute Gasteiger partial charge is 0.343 e. The van der Waals surface area contributed by atoms with Crippen LogP contribution in [-0.2, 0) is 32.5 Å². The molecule has 3 aromatic carbocycles. The van der Waals surface area contributed by atoms with Gasteiger partial charge in [-0.1, -0.05) is 71.9 Å². The Kier molecular flexibility index (Phi) is 10.3. The Labute approximate surface area is 238 Å². The number of hydrogen-bond acceptors (Lipinski definition) is 3. The minimum atomic E-state index is -0.406. The fourth-order valence-electron chi connectivity index (χ4n) is 4.36. The van der Waals surface area contributed by atoms with Crippen LogP contribution in [0.25, 0.3) is 11.1 Å². The zero-order chi connectivity index (χ0) is 25.6. The molecule has 0 radical (unpaired) electrons. The van der Waals surface area contributed by atoms with Crippen molar-refractivity contribution in [1.29, 1.82) is 0 Å². The van der Waals surface area contributed by atoms with Crippen LogP contribution in [0.2, 0.25) is 0 Å². The first kappa shape index (κ1) is 32.0. The van der Waals surface area contributed by atoms with Crippen LogP contribution in [0.15, 0.2) is 42.5 Å². The van der Waals surface area contributed by atoms with Gasteiger partial charge in [-0.05, 0) is 72.9 Å². The van der Waals surface area contributed by atoms with E-state index in [4.69, 9.17) is 4.74 Å². The molecule has 0 fully saturated rings. The Morgan fingerprint density at radius 2 is 1.19 bits per heavy atom. The molecule has 0 saturated heterocycles. The molecule has 36 heavy (non-hydrogen) atoms. The van der Waals surface area contributed by atoms with Crippen molar-refractivity contribution in [3.63, 3.8) is 0 Å². The van der Waals surface area contributed by atoms with Gasteiger partial charge in [0.05, 0.1) is 5.56 Å². The van der Waals surface area contributed by atoms with E-state index < -0.39 is 5.97 Å². The van der Waals surface area contributed by atoms with Crippen molar-refractivity contribution in [2.75, 3.05) is 0 Å². The van der Waals surface area contributed by atoms with Crippen LogP contribution in [0.3, 0.4) is 0 Å². The number of carbonyl (C=O) groups is 1. The largest absolute Gasteiger partial charge is 0.507 e. The molecule has 0 aromatic heterocycles. The van der Waals surface area contributed by atoms with E-state index in [1.807, 2.05) is 32.0 Å². The molecule has 192 valence electrons. The second-order valence-electron chi connectivity index (χ2n) is 11.4. The van der Waals surface area contributed by atoms with Crippen LogP contribution in [0, 0.1) is 27.7 Å². The number of phenolic OH excluding ortho intramolecular Hbond substituents is 1. The van der Waals surface area contributed by atoms with E-state index in [1.54, 1.807) is 12.1 Å². The minimum absolute atomic E-state index is 0. The Bertz CT molecular complexity index is 1250. The fourth-order valence-corrected chi connectivity index (χ4v) is 4.36. The quantitative estimate of drug-likeness (QED) is 0.205. The van der Waals surface area contributed by atoms with Crippen LogP contribution >= 0.6 is 12.4 Å². The second kappa shape index (κ2) is 11.5. The van der Waals surface area contributed by atoms with Gasteiger partial charge in [-0.25, -0.2) is 4.79 Å². The third-order valence-corrected chi connectivity index (χ3v) is 6.69. The number of carbonyl (C=O) groups excluding carboxylic acids is 1. The van der Waals surface area contributed by atoms with Crippen molar-refractivity contribution < 1.29 is 36.4 Å². The Morgan fingerprint density at radius 1 is 0.750 bits per heavy atom. The van der Waals surface area contributed by atoms with Gasteiger partial charge in [0, 0.05) is 44.0 Å². The summed E-state index contributed by atoms with van der Waals surface area (Å²) in [6.07, 6.45) is 0. The summed E-state index contributed by atoms with van der Waals surface area (Å²) >= 11 is 0. The van der Waals surface area contributed by atoms with E-state index in [0.29, 0.717) is 11.3 Å². The van der Waals surface area contributed by atoms with Crippen molar-refractivity contribution in [2.24, 2.45) is 0 Å². The molecule has 0 atom stereocenters. The van der Waals surface area contributed by atoms with Crippen molar-refractivity contribution >= 4 is 18.4 Å². The number of ether oxygens (including phenoxy) is 1. The molecule has 0 bridgehead atoms. The van der Waals surface area contributed by atoms with Crippen LogP contribution in [-0.4, -0.2) is 11.1 Å². The number of benzene rings is 3. The summed E-state index contributed by atoms with van der Waals surface area (Å²) in [5.74, 6) is 0.367. The maximum Gasteiger partial charge on any atom is 0.343 e. The molecule has 0 heterocycles. The number of esters is 1. The van der Waals surface area contributed by atoms with Crippen molar-refractivity contribution in [3.8, 4) is 22.6 Å². The molecule has 0 aliphatic rings. The predicted molar refractivity (Wildman–Crippen MR) is 149 cm³/mol. The van der Waals surface area contributed by atoms with Gasteiger partial charge in [-0.2, -0.15) is 0 Å². The maximum atomic E-state index is 13.3. The van der Waals surface area contributed by atoms with Gasteiger partial charge in [0.2, 0.25) is 0 Å². The van der Waals surface area contributed by atoms with Gasteiger partial charge in [-0.3, -0.25) is 0 Å². The molecular weight excluding hydrogens is 504 g/mol. The van der Waals surface area contributed by atoms with E-state index in [1.165, 1.54) is 0 Å². The molecule has 0 saturated carbocycles. The van der Waals surface area contributed by atoms with Crippen LogP contribution in [0.4, 0.5) is 0 Å². The van der Waals surface area contributed by atoms with Crippen LogP contribution < -0.4 is 4.74 Å². The Balaban J connectivity index is 0.00000324. The van der Waals surface area contributed by atoms with E-state index in [0.717, 1.165) is 44.5 Å². The molecule has 5 heteroatoms. The summed E-state index contributed by atoms with van der Waals surface area (Å²) < 4.78 is 6.20. The summed E-state index contributed by atoms with van der Waals surface area (Å²) in [5, 5.41) is 11.6. The SMILES string of the molecule is Cc1cc(C(C)(C)C)c(O)c(-c2c(C)c(C)cc(C(C)(C)C)c2OC(=O)c2ccccc2)c1C.Cl.[Ti]. The topological polar surface area (TPSA) is 46.5 Å². The minimum Gasteiger partial charge on any atom is -0.507 e. The number of halogens is 1. The van der Waals surface area contributed by atoms with Crippen LogP contribution in [0.5, 0.6) is 11.5 Å². The Hall–Kier alpha value is -2.07. The molecule has 3 aromatic rings. The predicted octanol–water partition coefficient (Wildman–Crippen LogP) is 8.53. The number of aromatic hydroxyl groups is 1. The fraction of sp³-hybridized carbons (Fsp3) is 0.387. The van der Waals surface area contributed by atoms with Gasteiger partial charge < -0.3 is 9.84 Å². The van der Waals surface area contributed by atoms with Crippen molar-refractivity contribution in [3.05, 3.63) is 81.4 Å². The zero-order valence-electron chi connectivity index (χ0n) is 23.2. The second-order valence-corrected chi connectivity index (χ2v) is 11.4. The van der Waals surface area contributed by atoms with Crippen LogP contribution in [0.1, 0.15) is 85.3 Å². The summed E-state index contributed by atoms with van der Waals surface area (Å²) in [6.45, 7) is 20.8. The summed E-state index contributed by atoms with van der Waals surface area (Å²) in [5.41, 5.74) is 7.48. The summed E-state index contributed by atoms with van der Waals surface area (Å²) in [7, 11) is 0. The molecule has 0 amide bonds. The van der Waals surface area contributed by atoms with E-state index in [2.05, 4.69) is 67.5 Å². The molecule has 3 nitrogen and oxygen atoms in total. The van der Waals surface area contributed by atoms with E-state index in [9.17, 15) is 9.90 Å². The van der Waals surface area contributed by atoms with Gasteiger partial charge in [0.25, 0.3) is 0 Å². The van der Waals surface area contributed by atoms with Crippen molar-refractivity contribution in [1.82, 2.24) is 0 Å². The van der Waals surface area contributed by atoms with Crippen molar-refractivity contribution in [2.45, 2.75) is 80.1 Å². The molecule has 0 aliphatic heterocycles. The normalized spacial score (nSPS) is 11.4. The monoisotopic (exact) mass is 542 g/mol. The average molecular weight is 543 g/mol. The van der Waals surface area contributed by atoms with E-state index in [-0.39, 0.29) is 50.7 Å².